The van der Waals surface area contributed by atoms with Gasteiger partial charge in [0.1, 0.15) is 6.54 Å². The molecule has 2 N–H and O–H groups in total. The highest BCUT2D eigenvalue weighted by molar-refractivity contribution is 7.76. The Bertz CT molecular complexity index is 161. The van der Waals surface area contributed by atoms with Crippen LogP contribution in [-0.2, 0) is 16.1 Å². The fourth-order valence-corrected chi connectivity index (χ4v) is 0.387. The van der Waals surface area contributed by atoms with Crippen LogP contribution in [0.25, 0.3) is 0 Å². The summed E-state index contributed by atoms with van der Waals surface area (Å²) in [6.07, 6.45) is 0. The molecule has 1 unspecified atom stereocenters. The second-order valence-electron chi connectivity index (χ2n) is 3.08. The van der Waals surface area contributed by atoms with Crippen LogP contribution in [0.5, 0.6) is 0 Å². The zero-order valence-electron chi connectivity index (χ0n) is 7.27. The lowest BCUT2D eigenvalue weighted by Crippen LogP contribution is -2.45. The number of hydrogen-bond acceptors (Lipinski definition) is 4. The van der Waals surface area contributed by atoms with Gasteiger partial charge < -0.3 is 18.9 Å². The number of quaternary nitrogens is 1. The van der Waals surface area contributed by atoms with Crippen molar-refractivity contribution < 1.29 is 23.1 Å². The van der Waals surface area contributed by atoms with E-state index < -0.39 is 17.2 Å². The van der Waals surface area contributed by atoms with Crippen LogP contribution in [0.4, 0.5) is 0 Å². The molecule has 0 aliphatic heterocycles. The van der Waals surface area contributed by atoms with Gasteiger partial charge in [0.05, 0.1) is 27.1 Å². The van der Waals surface area contributed by atoms with Gasteiger partial charge >= 0.3 is 0 Å². The van der Waals surface area contributed by atoms with E-state index in [-0.39, 0.29) is 6.54 Å². The van der Waals surface area contributed by atoms with Gasteiger partial charge in [0, 0.05) is 11.3 Å². The van der Waals surface area contributed by atoms with Crippen molar-refractivity contribution in [3.8, 4) is 0 Å². The van der Waals surface area contributed by atoms with Crippen LogP contribution in [0, 0.1) is 0 Å². The zero-order valence-corrected chi connectivity index (χ0v) is 8.09. The van der Waals surface area contributed by atoms with Gasteiger partial charge in [0.15, 0.2) is 0 Å². The molecule has 0 aliphatic carbocycles. The van der Waals surface area contributed by atoms with Gasteiger partial charge in [-0.05, 0) is 0 Å². The van der Waals surface area contributed by atoms with Crippen LogP contribution in [0.3, 0.4) is 0 Å². The molecule has 0 aliphatic rings. The maximum Gasteiger partial charge on any atom is 0.118 e. The summed E-state index contributed by atoms with van der Waals surface area (Å²) < 4.78 is 18.0. The summed E-state index contributed by atoms with van der Waals surface area (Å²) in [5.74, 6) is -1.00. The van der Waals surface area contributed by atoms with E-state index >= 15 is 0 Å². The third-order valence-electron chi connectivity index (χ3n) is 0.603. The quantitative estimate of drug-likeness (QED) is 0.380. The molecular weight excluding hydrogens is 184 g/mol. The van der Waals surface area contributed by atoms with E-state index in [0.717, 1.165) is 0 Å². The average molecular weight is 197 g/mol. The first-order valence-electron chi connectivity index (χ1n) is 2.99. The fraction of sp³-hybridized carbons (Fsp3) is 0.800. The van der Waals surface area contributed by atoms with E-state index in [1.165, 1.54) is 0 Å². The monoisotopic (exact) mass is 197 g/mol. The number of carboxylic acid groups (broad SMARTS) is 1. The minimum Gasteiger partial charge on any atom is -0.760 e. The number of carbonyl (C=O) groups is 1. The van der Waals surface area contributed by atoms with E-state index in [9.17, 15) is 9.90 Å². The van der Waals surface area contributed by atoms with Crippen LogP contribution >= 0.6 is 0 Å². The molecule has 0 spiro atoms. The van der Waals surface area contributed by atoms with Crippen molar-refractivity contribution in [2.75, 3.05) is 27.7 Å². The Balaban J connectivity index is 0. The number of carbonyl (C=O) groups excluding carboxylic acids is 1. The van der Waals surface area contributed by atoms with Crippen molar-refractivity contribution in [3.63, 3.8) is 0 Å². The van der Waals surface area contributed by atoms with Crippen LogP contribution < -0.4 is 10.2 Å². The smallest absolute Gasteiger partial charge is 0.118 e. The summed E-state index contributed by atoms with van der Waals surface area (Å²) in [7, 11) is 5.40. The molecule has 0 rings (SSSR count). The lowest BCUT2D eigenvalue weighted by molar-refractivity contribution is -0.864. The molecule has 1 atom stereocenters. The number of likely N-dealkylation sites (N-methyl/N-ethyl adjacent to an activating group) is 1. The molecule has 0 aromatic carbocycles. The van der Waals surface area contributed by atoms with Crippen molar-refractivity contribution in [2.24, 2.45) is 5.14 Å². The summed E-state index contributed by atoms with van der Waals surface area (Å²) >= 11 is -2.36. The van der Waals surface area contributed by atoms with Gasteiger partial charge in [-0.25, -0.2) is 0 Å². The Kier molecular flexibility index (Phi) is 7.10. The van der Waals surface area contributed by atoms with E-state index in [2.05, 4.69) is 5.14 Å². The molecule has 0 aromatic heterocycles. The van der Waals surface area contributed by atoms with E-state index in [1.807, 2.05) is 0 Å². The number of aliphatic carboxylic acids is 1. The summed E-state index contributed by atoms with van der Waals surface area (Å²) in [6, 6.07) is 0. The summed E-state index contributed by atoms with van der Waals surface area (Å²) in [5.41, 5.74) is 0. The van der Waals surface area contributed by atoms with Gasteiger partial charge in [-0.15, -0.1) is 0 Å². The van der Waals surface area contributed by atoms with Crippen LogP contribution in [0.15, 0.2) is 0 Å². The minimum absolute atomic E-state index is 0.0694. The molecule has 0 bridgehead atoms. The Hall–Kier alpha value is -0.500. The van der Waals surface area contributed by atoms with Crippen LogP contribution in [0.2, 0.25) is 0 Å². The zero-order chi connectivity index (χ0) is 10.4. The molecule has 12 heavy (non-hydrogen) atoms. The Morgan fingerprint density at radius 1 is 1.50 bits per heavy atom. The van der Waals surface area contributed by atoms with Gasteiger partial charge in [0.25, 0.3) is 0 Å². The van der Waals surface area contributed by atoms with E-state index in [4.69, 9.17) is 8.76 Å². The van der Waals surface area contributed by atoms with E-state index in [0.29, 0.717) is 4.48 Å². The van der Waals surface area contributed by atoms with Crippen molar-refractivity contribution >= 4 is 17.2 Å². The Morgan fingerprint density at radius 3 is 1.75 bits per heavy atom. The topological polar surface area (TPSA) is 106 Å². The van der Waals surface area contributed by atoms with Gasteiger partial charge in [-0.2, -0.15) is 0 Å². The third-order valence-corrected chi connectivity index (χ3v) is 0.603. The Morgan fingerprint density at radius 2 is 1.75 bits per heavy atom. The maximum atomic E-state index is 9.89. The van der Waals surface area contributed by atoms with Crippen molar-refractivity contribution in [3.05, 3.63) is 0 Å². The second-order valence-corrected chi connectivity index (χ2v) is 3.60. The Labute approximate surface area is 74.0 Å². The number of carboxylic acids is 1. The molecule has 0 saturated heterocycles. The standard InChI is InChI=1S/C5H11NO2.H3NO2S/c1-6(2,3)4-5(7)8;1-4(2)3/h4H2,1-3H3;1H2,(H,2,3)/p-1. The molecule has 0 heterocycles. The predicted molar refractivity (Wildman–Crippen MR) is 41.0 cm³/mol. The van der Waals surface area contributed by atoms with Crippen molar-refractivity contribution in [1.82, 2.24) is 0 Å². The molecule has 0 fully saturated rings. The maximum absolute atomic E-state index is 9.89. The van der Waals surface area contributed by atoms with Gasteiger partial charge in [0.2, 0.25) is 0 Å². The molecule has 74 valence electrons. The lowest BCUT2D eigenvalue weighted by Gasteiger charge is -2.23. The SMILES string of the molecule is C[N+](C)(C)CC(=O)[O-].NS(=O)[O-]. The lowest BCUT2D eigenvalue weighted by atomic mass is 10.5. The molecule has 6 nitrogen and oxygen atoms in total. The molecule has 0 amide bonds. The highest BCUT2D eigenvalue weighted by Crippen LogP contribution is 1.84. The molecule has 0 radical (unpaired) electrons. The first-order chi connectivity index (χ1) is 5.15. The second kappa shape index (κ2) is 6.06. The molecular formula is C5H13N2O4S-. The first-order valence-corrected chi connectivity index (χ1v) is 4.13. The predicted octanol–water partition coefficient (Wildman–Crippen LogP) is -2.82. The number of nitrogens with two attached hydrogens (primary N) is 1. The highest BCUT2D eigenvalue weighted by Gasteiger charge is 2.04. The largest absolute Gasteiger partial charge is 0.760 e. The summed E-state index contributed by atoms with van der Waals surface area (Å²) in [4.78, 5) is 9.89. The highest BCUT2D eigenvalue weighted by atomic mass is 32.2. The summed E-state index contributed by atoms with van der Waals surface area (Å²) in [5, 5.41) is 13.9. The molecule has 0 aromatic rings. The fourth-order valence-electron chi connectivity index (χ4n) is 0.387. The molecule has 7 heteroatoms. The van der Waals surface area contributed by atoms with Crippen molar-refractivity contribution in [2.45, 2.75) is 0 Å². The number of hydrogen-bond donors (Lipinski definition) is 1. The number of nitrogens with zero attached hydrogens (tertiary/aromatic N) is 1. The number of rotatable bonds is 2. The van der Waals surface area contributed by atoms with E-state index in [1.54, 1.807) is 21.1 Å². The normalized spacial score (nSPS) is 12.8. The first kappa shape index (κ1) is 14.0. The average Bonchev–Trinajstić information content (AvgIpc) is 1.52. The van der Waals surface area contributed by atoms with Crippen LogP contribution in [-0.4, -0.2) is 46.9 Å². The summed E-state index contributed by atoms with van der Waals surface area (Å²) in [6.45, 7) is 0.0694. The van der Waals surface area contributed by atoms with Gasteiger partial charge in [-0.3, -0.25) is 9.35 Å². The van der Waals surface area contributed by atoms with Crippen molar-refractivity contribution in [1.29, 1.82) is 0 Å². The van der Waals surface area contributed by atoms with Crippen LogP contribution in [0.1, 0.15) is 0 Å². The third kappa shape index (κ3) is 33.9. The minimum atomic E-state index is -2.36. The van der Waals surface area contributed by atoms with Gasteiger partial charge in [-0.1, -0.05) is 0 Å². The molecule has 0 saturated carbocycles.